The maximum absolute atomic E-state index is 11.5. The predicted molar refractivity (Wildman–Crippen MR) is 127 cm³/mol. The zero-order valence-electron chi connectivity index (χ0n) is 18.2. The van der Waals surface area contributed by atoms with Gasteiger partial charge in [0.2, 0.25) is 0 Å². The van der Waals surface area contributed by atoms with E-state index in [2.05, 4.69) is 60.0 Å². The van der Waals surface area contributed by atoms with Crippen LogP contribution in [0.3, 0.4) is 0 Å². The highest BCUT2D eigenvalue weighted by Gasteiger charge is 2.33. The summed E-state index contributed by atoms with van der Waals surface area (Å²) in [5.74, 6) is 0.236. The SMILES string of the molecule is O=C(O)C1C=C2N=C(C3CCCCC3)C(c3ccc(CCc4ccccc4)cc3)=CN2N1. The van der Waals surface area contributed by atoms with E-state index < -0.39 is 12.0 Å². The van der Waals surface area contributed by atoms with Crippen molar-refractivity contribution in [2.75, 3.05) is 0 Å². The average molecular weight is 428 g/mol. The highest BCUT2D eigenvalue weighted by atomic mass is 16.4. The minimum atomic E-state index is -0.890. The zero-order chi connectivity index (χ0) is 21.9. The van der Waals surface area contributed by atoms with Gasteiger partial charge in [0.1, 0.15) is 11.9 Å². The van der Waals surface area contributed by atoms with E-state index in [1.165, 1.54) is 30.4 Å². The Morgan fingerprint density at radius 2 is 1.66 bits per heavy atom. The molecular formula is C27H29N3O2. The van der Waals surface area contributed by atoms with Gasteiger partial charge < -0.3 is 5.11 Å². The van der Waals surface area contributed by atoms with Crippen LogP contribution in [0.4, 0.5) is 0 Å². The number of carboxylic acid groups (broad SMARTS) is 1. The van der Waals surface area contributed by atoms with E-state index in [1.807, 2.05) is 6.20 Å². The molecule has 3 aliphatic rings. The lowest BCUT2D eigenvalue weighted by Gasteiger charge is -2.30. The average Bonchev–Trinajstić information content (AvgIpc) is 3.27. The molecule has 32 heavy (non-hydrogen) atoms. The van der Waals surface area contributed by atoms with Crippen molar-refractivity contribution in [3.63, 3.8) is 0 Å². The Morgan fingerprint density at radius 1 is 0.969 bits per heavy atom. The van der Waals surface area contributed by atoms with Gasteiger partial charge >= 0.3 is 5.97 Å². The molecule has 0 amide bonds. The molecule has 1 saturated carbocycles. The molecule has 2 N–H and O–H groups in total. The lowest BCUT2D eigenvalue weighted by atomic mass is 9.81. The third-order valence-corrected chi connectivity index (χ3v) is 6.68. The van der Waals surface area contributed by atoms with Crippen molar-refractivity contribution in [3.05, 3.63) is 89.4 Å². The van der Waals surface area contributed by atoms with Gasteiger partial charge in [0.05, 0.1) is 5.71 Å². The van der Waals surface area contributed by atoms with Crippen molar-refractivity contribution in [3.8, 4) is 0 Å². The monoisotopic (exact) mass is 427 g/mol. The number of nitrogens with one attached hydrogen (secondary N) is 1. The van der Waals surface area contributed by atoms with Gasteiger partial charge in [-0.05, 0) is 48.4 Å². The molecule has 164 valence electrons. The number of aryl methyl sites for hydroxylation is 2. The third-order valence-electron chi connectivity index (χ3n) is 6.68. The highest BCUT2D eigenvalue weighted by molar-refractivity contribution is 6.25. The molecule has 0 spiro atoms. The number of fused-ring (bicyclic) bond motifs is 1. The van der Waals surface area contributed by atoms with Crippen LogP contribution in [-0.2, 0) is 17.6 Å². The number of aliphatic imine (C=N–C) groups is 1. The smallest absolute Gasteiger partial charge is 0.326 e. The first-order chi connectivity index (χ1) is 15.7. The molecular weight excluding hydrogens is 398 g/mol. The molecule has 1 aliphatic carbocycles. The first kappa shape index (κ1) is 20.7. The number of nitrogens with zero attached hydrogens (tertiary/aromatic N) is 2. The van der Waals surface area contributed by atoms with Crippen LogP contribution in [0.25, 0.3) is 5.57 Å². The maximum Gasteiger partial charge on any atom is 0.326 e. The number of allylic oxidation sites excluding steroid dienone is 1. The molecule has 2 aliphatic heterocycles. The molecule has 5 rings (SSSR count). The molecule has 5 heteroatoms. The summed E-state index contributed by atoms with van der Waals surface area (Å²) in [4.78, 5) is 16.4. The number of rotatable bonds is 6. The number of aliphatic carboxylic acids is 1. The number of hydrazine groups is 1. The second kappa shape index (κ2) is 9.13. The summed E-state index contributed by atoms with van der Waals surface area (Å²) in [5.41, 5.74) is 9.04. The van der Waals surface area contributed by atoms with E-state index in [9.17, 15) is 9.90 Å². The fraction of sp³-hybridized carbons (Fsp3) is 0.333. The molecule has 0 saturated heterocycles. The lowest BCUT2D eigenvalue weighted by Crippen LogP contribution is -2.39. The van der Waals surface area contributed by atoms with Crippen LogP contribution in [0.2, 0.25) is 0 Å². The van der Waals surface area contributed by atoms with Crippen molar-refractivity contribution in [2.45, 2.75) is 51.0 Å². The van der Waals surface area contributed by atoms with Crippen LogP contribution in [0, 0.1) is 5.92 Å². The lowest BCUT2D eigenvalue weighted by molar-refractivity contribution is -0.138. The Kier molecular flexibility index (Phi) is 5.91. The summed E-state index contributed by atoms with van der Waals surface area (Å²) in [6.45, 7) is 0. The van der Waals surface area contributed by atoms with E-state index >= 15 is 0 Å². The zero-order valence-corrected chi connectivity index (χ0v) is 18.2. The quantitative estimate of drug-likeness (QED) is 0.684. The standard InChI is InChI=1S/C27H29N3O2/c31-27(32)24-17-25-28-26(22-9-5-2-6-10-22)23(18-30(25)29-24)21-15-13-20(14-16-21)12-11-19-7-3-1-4-8-19/h1,3-4,7-8,13-18,22,24,29H,2,5-6,9-12H2,(H,31,32). The topological polar surface area (TPSA) is 64.9 Å². The second-order valence-electron chi connectivity index (χ2n) is 8.90. The van der Waals surface area contributed by atoms with Gasteiger partial charge in [-0.1, -0.05) is 73.9 Å². The van der Waals surface area contributed by atoms with Crippen molar-refractivity contribution < 1.29 is 9.90 Å². The van der Waals surface area contributed by atoms with Gasteiger partial charge in [0.25, 0.3) is 0 Å². The largest absolute Gasteiger partial charge is 0.480 e. The summed E-state index contributed by atoms with van der Waals surface area (Å²) in [6, 6.07) is 18.6. The molecule has 1 atom stereocenters. The molecule has 1 unspecified atom stereocenters. The number of carbonyl (C=O) groups is 1. The van der Waals surface area contributed by atoms with Gasteiger partial charge in [-0.25, -0.2) is 10.4 Å². The molecule has 2 aromatic rings. The van der Waals surface area contributed by atoms with Crippen LogP contribution in [0.5, 0.6) is 0 Å². The van der Waals surface area contributed by atoms with Gasteiger partial charge in [0, 0.05) is 17.7 Å². The van der Waals surface area contributed by atoms with Crippen LogP contribution >= 0.6 is 0 Å². The fourth-order valence-corrected chi connectivity index (χ4v) is 4.88. The second-order valence-corrected chi connectivity index (χ2v) is 8.90. The third kappa shape index (κ3) is 4.39. The number of hydrogen-bond donors (Lipinski definition) is 2. The van der Waals surface area contributed by atoms with Crippen molar-refractivity contribution in [2.24, 2.45) is 10.9 Å². The Labute approximate surface area is 189 Å². The van der Waals surface area contributed by atoms with Crippen LogP contribution < -0.4 is 5.43 Å². The highest BCUT2D eigenvalue weighted by Crippen LogP contribution is 2.35. The summed E-state index contributed by atoms with van der Waals surface area (Å²) in [5, 5.41) is 11.2. The van der Waals surface area contributed by atoms with Crippen LogP contribution in [0.15, 0.2) is 77.7 Å². The molecule has 1 fully saturated rings. The Bertz CT molecular complexity index is 1060. The molecule has 2 aromatic carbocycles. The van der Waals surface area contributed by atoms with Crippen molar-refractivity contribution in [1.82, 2.24) is 10.4 Å². The fourth-order valence-electron chi connectivity index (χ4n) is 4.88. The maximum atomic E-state index is 11.5. The molecule has 5 nitrogen and oxygen atoms in total. The van der Waals surface area contributed by atoms with E-state index in [0.717, 1.165) is 42.5 Å². The summed E-state index contributed by atoms with van der Waals surface area (Å²) in [6.07, 6.45) is 11.8. The molecule has 2 heterocycles. The summed E-state index contributed by atoms with van der Waals surface area (Å²) >= 11 is 0. The van der Waals surface area contributed by atoms with Crippen LogP contribution in [-0.4, -0.2) is 27.8 Å². The minimum absolute atomic E-state index is 0.430. The van der Waals surface area contributed by atoms with E-state index in [0.29, 0.717) is 11.7 Å². The van der Waals surface area contributed by atoms with Gasteiger partial charge in [-0.2, -0.15) is 0 Å². The molecule has 0 radical (unpaired) electrons. The molecule has 0 aromatic heterocycles. The normalized spacial score (nSPS) is 20.9. The molecule has 0 bridgehead atoms. The number of benzene rings is 2. The number of carboxylic acids is 1. The predicted octanol–water partition coefficient (Wildman–Crippen LogP) is 4.96. The Hall–Kier alpha value is -3.18. The summed E-state index contributed by atoms with van der Waals surface area (Å²) in [7, 11) is 0. The van der Waals surface area contributed by atoms with E-state index in [1.54, 1.807) is 11.1 Å². The summed E-state index contributed by atoms with van der Waals surface area (Å²) < 4.78 is 0. The van der Waals surface area contributed by atoms with Gasteiger partial charge in [0.15, 0.2) is 0 Å². The van der Waals surface area contributed by atoms with Crippen LogP contribution in [0.1, 0.15) is 48.8 Å². The Balaban J connectivity index is 1.39. The minimum Gasteiger partial charge on any atom is -0.480 e. The van der Waals surface area contributed by atoms with E-state index in [4.69, 9.17) is 4.99 Å². The number of hydrogen-bond acceptors (Lipinski definition) is 4. The van der Waals surface area contributed by atoms with Gasteiger partial charge in [-0.15, -0.1) is 0 Å². The van der Waals surface area contributed by atoms with Crippen molar-refractivity contribution in [1.29, 1.82) is 0 Å². The van der Waals surface area contributed by atoms with Crippen molar-refractivity contribution >= 4 is 17.3 Å². The van der Waals surface area contributed by atoms with E-state index in [-0.39, 0.29) is 0 Å². The first-order valence-corrected chi connectivity index (χ1v) is 11.6. The Morgan fingerprint density at radius 3 is 2.34 bits per heavy atom. The van der Waals surface area contributed by atoms with Gasteiger partial charge in [-0.3, -0.25) is 9.80 Å². The first-order valence-electron chi connectivity index (χ1n) is 11.6.